The van der Waals surface area contributed by atoms with Crippen molar-refractivity contribution in [2.75, 3.05) is 11.3 Å². The molecule has 0 aliphatic heterocycles. The molecule has 132 valence electrons. The van der Waals surface area contributed by atoms with E-state index < -0.39 is 15.4 Å². The predicted octanol–water partition coefficient (Wildman–Crippen LogP) is 2.96. The molecule has 5 nitrogen and oxygen atoms in total. The number of carbonyl (C=O) groups excluding carboxylic acids is 1. The number of rotatable bonds is 6. The quantitative estimate of drug-likeness (QED) is 0.834. The van der Waals surface area contributed by atoms with Crippen molar-refractivity contribution in [2.24, 2.45) is 0 Å². The van der Waals surface area contributed by atoms with Crippen LogP contribution in [0.15, 0.2) is 53.4 Å². The van der Waals surface area contributed by atoms with E-state index in [1.165, 1.54) is 0 Å². The van der Waals surface area contributed by atoms with E-state index in [0.717, 1.165) is 24.0 Å². The van der Waals surface area contributed by atoms with Crippen molar-refractivity contribution in [3.8, 4) is 0 Å². The number of sulfonamides is 1. The molecule has 2 aromatic carbocycles. The molecule has 6 heteroatoms. The van der Waals surface area contributed by atoms with Crippen LogP contribution in [-0.4, -0.2) is 20.9 Å². The Bertz CT molecular complexity index is 868. The van der Waals surface area contributed by atoms with Gasteiger partial charge in [-0.05, 0) is 56.5 Å². The largest absolute Gasteiger partial charge is 0.356 e. The molecule has 25 heavy (non-hydrogen) atoms. The van der Waals surface area contributed by atoms with Crippen LogP contribution in [-0.2, 0) is 20.2 Å². The molecule has 1 amide bonds. The molecule has 2 N–H and O–H groups in total. The summed E-state index contributed by atoms with van der Waals surface area (Å²) in [7, 11) is -3.62. The monoisotopic (exact) mass is 358 g/mol. The third kappa shape index (κ3) is 3.54. The Morgan fingerprint density at radius 3 is 2.16 bits per heavy atom. The fraction of sp³-hybridized carbons (Fsp3) is 0.316. The molecule has 2 aromatic rings. The second-order valence-electron chi connectivity index (χ2n) is 6.44. The van der Waals surface area contributed by atoms with Gasteiger partial charge in [0.1, 0.15) is 0 Å². The summed E-state index contributed by atoms with van der Waals surface area (Å²) in [4.78, 5) is 12.5. The Morgan fingerprint density at radius 1 is 1.04 bits per heavy atom. The number of aryl methyl sites for hydroxylation is 1. The van der Waals surface area contributed by atoms with Crippen molar-refractivity contribution in [1.82, 2.24) is 5.32 Å². The average Bonchev–Trinajstić information content (AvgIpc) is 3.38. The molecule has 0 bridgehead atoms. The molecule has 1 aliphatic rings. The molecule has 0 atom stereocenters. The number of carbonyl (C=O) groups is 1. The summed E-state index contributed by atoms with van der Waals surface area (Å²) < 4.78 is 27.4. The summed E-state index contributed by atoms with van der Waals surface area (Å²) in [5.74, 6) is 0.0444. The van der Waals surface area contributed by atoms with E-state index in [2.05, 4.69) is 10.0 Å². The van der Waals surface area contributed by atoms with Crippen molar-refractivity contribution in [3.05, 3.63) is 59.7 Å². The van der Waals surface area contributed by atoms with Crippen LogP contribution in [0.2, 0.25) is 0 Å². The highest BCUT2D eigenvalue weighted by Crippen LogP contribution is 2.48. The summed E-state index contributed by atoms with van der Waals surface area (Å²) in [5.41, 5.74) is 1.97. The molecule has 0 unspecified atom stereocenters. The first-order valence-electron chi connectivity index (χ1n) is 8.36. The number of likely N-dealkylation sites (N-methyl/N-ethyl adjacent to an activating group) is 1. The Morgan fingerprint density at radius 2 is 1.64 bits per heavy atom. The van der Waals surface area contributed by atoms with E-state index in [9.17, 15) is 13.2 Å². The number of benzene rings is 2. The van der Waals surface area contributed by atoms with Gasteiger partial charge in [-0.25, -0.2) is 8.42 Å². The highest BCUT2D eigenvalue weighted by atomic mass is 32.2. The smallest absolute Gasteiger partial charge is 0.261 e. The highest BCUT2D eigenvalue weighted by molar-refractivity contribution is 7.92. The fourth-order valence-electron chi connectivity index (χ4n) is 2.89. The van der Waals surface area contributed by atoms with Crippen LogP contribution in [0.5, 0.6) is 0 Å². The van der Waals surface area contributed by atoms with Gasteiger partial charge in [-0.15, -0.1) is 0 Å². The van der Waals surface area contributed by atoms with E-state index in [1.54, 1.807) is 36.4 Å². The number of hydrogen-bond acceptors (Lipinski definition) is 3. The predicted molar refractivity (Wildman–Crippen MR) is 98.0 cm³/mol. The lowest BCUT2D eigenvalue weighted by atomic mass is 9.95. The maximum Gasteiger partial charge on any atom is 0.261 e. The molecule has 0 radical (unpaired) electrons. The molecular formula is C19H22N2O3S. The van der Waals surface area contributed by atoms with Gasteiger partial charge in [0.25, 0.3) is 10.0 Å². The SMILES string of the molecule is CCNC(=O)C1(c2ccc(NS(=O)(=O)c3ccc(C)cc3)cc2)CC1. The van der Waals surface area contributed by atoms with E-state index >= 15 is 0 Å². The second kappa shape index (κ2) is 6.52. The molecule has 0 saturated heterocycles. The molecule has 1 fully saturated rings. The first kappa shape index (κ1) is 17.5. The topological polar surface area (TPSA) is 75.3 Å². The first-order chi connectivity index (χ1) is 11.9. The van der Waals surface area contributed by atoms with Gasteiger partial charge in [-0.2, -0.15) is 0 Å². The maximum atomic E-state index is 12.4. The lowest BCUT2D eigenvalue weighted by molar-refractivity contribution is -0.123. The van der Waals surface area contributed by atoms with E-state index in [1.807, 2.05) is 26.0 Å². The van der Waals surface area contributed by atoms with Crippen molar-refractivity contribution < 1.29 is 13.2 Å². The minimum Gasteiger partial charge on any atom is -0.356 e. The van der Waals surface area contributed by atoms with Gasteiger partial charge in [-0.1, -0.05) is 29.8 Å². The van der Waals surface area contributed by atoms with E-state index in [0.29, 0.717) is 12.2 Å². The Hall–Kier alpha value is -2.34. The van der Waals surface area contributed by atoms with Gasteiger partial charge in [0.15, 0.2) is 0 Å². The summed E-state index contributed by atoms with van der Waals surface area (Å²) >= 11 is 0. The zero-order chi connectivity index (χ0) is 18.1. The van der Waals surface area contributed by atoms with Gasteiger partial charge >= 0.3 is 0 Å². The summed E-state index contributed by atoms with van der Waals surface area (Å²) in [6.07, 6.45) is 1.65. The first-order valence-corrected chi connectivity index (χ1v) is 9.84. The summed E-state index contributed by atoms with van der Waals surface area (Å²) in [6, 6.07) is 13.8. The minimum atomic E-state index is -3.62. The molecule has 0 aromatic heterocycles. The normalized spacial score (nSPS) is 15.4. The van der Waals surface area contributed by atoms with Crippen molar-refractivity contribution >= 4 is 21.6 Å². The van der Waals surface area contributed by atoms with Crippen LogP contribution >= 0.6 is 0 Å². The lowest BCUT2D eigenvalue weighted by Crippen LogP contribution is -2.34. The van der Waals surface area contributed by atoms with Crippen LogP contribution in [0.1, 0.15) is 30.9 Å². The van der Waals surface area contributed by atoms with Crippen LogP contribution < -0.4 is 10.0 Å². The van der Waals surface area contributed by atoms with Gasteiger partial charge in [-0.3, -0.25) is 9.52 Å². The standard InChI is InChI=1S/C19H22N2O3S/c1-3-20-18(22)19(12-13-19)15-6-8-16(9-7-15)21-25(23,24)17-10-4-14(2)5-11-17/h4-11,21H,3,12-13H2,1-2H3,(H,20,22). The van der Waals surface area contributed by atoms with Gasteiger partial charge in [0, 0.05) is 12.2 Å². The third-order valence-corrected chi connectivity index (χ3v) is 5.94. The Labute approximate surface area is 148 Å². The van der Waals surface area contributed by atoms with Gasteiger partial charge < -0.3 is 5.32 Å². The maximum absolute atomic E-state index is 12.4. The molecule has 1 aliphatic carbocycles. The number of nitrogens with one attached hydrogen (secondary N) is 2. The molecular weight excluding hydrogens is 336 g/mol. The van der Waals surface area contributed by atoms with E-state index in [4.69, 9.17) is 0 Å². The van der Waals surface area contributed by atoms with Crippen molar-refractivity contribution in [1.29, 1.82) is 0 Å². The molecule has 3 rings (SSSR count). The van der Waals surface area contributed by atoms with E-state index in [-0.39, 0.29) is 10.8 Å². The van der Waals surface area contributed by atoms with Crippen LogP contribution in [0, 0.1) is 6.92 Å². The van der Waals surface area contributed by atoms with Crippen molar-refractivity contribution in [3.63, 3.8) is 0 Å². The highest BCUT2D eigenvalue weighted by Gasteiger charge is 2.50. The van der Waals surface area contributed by atoms with Crippen molar-refractivity contribution in [2.45, 2.75) is 37.0 Å². The number of amides is 1. The molecule has 1 saturated carbocycles. The lowest BCUT2D eigenvalue weighted by Gasteiger charge is -2.16. The zero-order valence-electron chi connectivity index (χ0n) is 14.4. The average molecular weight is 358 g/mol. The summed E-state index contributed by atoms with van der Waals surface area (Å²) in [6.45, 7) is 4.41. The second-order valence-corrected chi connectivity index (χ2v) is 8.12. The zero-order valence-corrected chi connectivity index (χ0v) is 15.2. The van der Waals surface area contributed by atoms with Crippen LogP contribution in [0.3, 0.4) is 0 Å². The Balaban J connectivity index is 1.77. The van der Waals surface area contributed by atoms with Gasteiger partial charge in [0.2, 0.25) is 5.91 Å². The van der Waals surface area contributed by atoms with Gasteiger partial charge in [0.05, 0.1) is 10.3 Å². The molecule has 0 spiro atoms. The number of anilines is 1. The van der Waals surface area contributed by atoms with Crippen LogP contribution in [0.4, 0.5) is 5.69 Å². The molecule has 0 heterocycles. The Kier molecular flexibility index (Phi) is 4.56. The summed E-state index contributed by atoms with van der Waals surface area (Å²) in [5, 5.41) is 2.88. The third-order valence-electron chi connectivity index (χ3n) is 4.54. The fourth-order valence-corrected chi connectivity index (χ4v) is 3.95. The number of hydrogen-bond donors (Lipinski definition) is 2. The van der Waals surface area contributed by atoms with Crippen LogP contribution in [0.25, 0.3) is 0 Å². The minimum absolute atomic E-state index is 0.0444.